The van der Waals surface area contributed by atoms with E-state index in [9.17, 15) is 4.79 Å². The fourth-order valence-electron chi connectivity index (χ4n) is 3.29. The molecule has 1 aromatic rings. The second-order valence-corrected chi connectivity index (χ2v) is 7.88. The Balaban J connectivity index is 0.00000243. The Morgan fingerprint density at radius 1 is 1.35 bits per heavy atom. The SMILES string of the molecule is CC1(C)CN(CC(=O)Nc2cc3c(cc2Cl)OCCCO3)CCC1N.Cl. The van der Waals surface area contributed by atoms with Gasteiger partial charge in [0.15, 0.2) is 11.5 Å². The van der Waals surface area contributed by atoms with E-state index in [1.807, 2.05) is 0 Å². The first-order valence-corrected chi connectivity index (χ1v) is 9.10. The summed E-state index contributed by atoms with van der Waals surface area (Å²) in [6.45, 7) is 7.42. The minimum atomic E-state index is -0.0948. The second-order valence-electron chi connectivity index (χ2n) is 7.47. The Morgan fingerprint density at radius 3 is 2.65 bits per heavy atom. The fraction of sp³-hybridized carbons (Fsp3) is 0.611. The topological polar surface area (TPSA) is 76.8 Å². The molecule has 1 saturated heterocycles. The highest BCUT2D eigenvalue weighted by atomic mass is 35.5. The summed E-state index contributed by atoms with van der Waals surface area (Å²) >= 11 is 6.29. The molecular weight excluding hydrogens is 377 g/mol. The molecule has 3 rings (SSSR count). The molecule has 26 heavy (non-hydrogen) atoms. The molecule has 1 aromatic carbocycles. The lowest BCUT2D eigenvalue weighted by Gasteiger charge is -2.42. The highest BCUT2D eigenvalue weighted by Gasteiger charge is 2.34. The molecule has 0 bridgehead atoms. The second kappa shape index (κ2) is 8.65. The van der Waals surface area contributed by atoms with E-state index in [4.69, 9.17) is 26.8 Å². The van der Waals surface area contributed by atoms with Crippen LogP contribution >= 0.6 is 24.0 Å². The van der Waals surface area contributed by atoms with Crippen molar-refractivity contribution in [3.8, 4) is 11.5 Å². The van der Waals surface area contributed by atoms with Crippen LogP contribution in [-0.2, 0) is 4.79 Å². The van der Waals surface area contributed by atoms with Crippen LogP contribution in [0.15, 0.2) is 12.1 Å². The number of carbonyl (C=O) groups is 1. The molecule has 0 radical (unpaired) electrons. The van der Waals surface area contributed by atoms with Crippen molar-refractivity contribution in [2.24, 2.45) is 11.1 Å². The molecule has 0 saturated carbocycles. The number of carbonyl (C=O) groups excluding carboxylic acids is 1. The average Bonchev–Trinajstić information content (AvgIpc) is 2.76. The smallest absolute Gasteiger partial charge is 0.238 e. The quantitative estimate of drug-likeness (QED) is 0.810. The van der Waals surface area contributed by atoms with E-state index in [-0.39, 0.29) is 29.8 Å². The molecular formula is C18H27Cl2N3O3. The number of halogens is 2. The minimum absolute atomic E-state index is 0. The Hall–Kier alpha value is -1.21. The van der Waals surface area contributed by atoms with E-state index in [0.29, 0.717) is 42.0 Å². The summed E-state index contributed by atoms with van der Waals surface area (Å²) in [5.41, 5.74) is 6.71. The van der Waals surface area contributed by atoms with E-state index < -0.39 is 0 Å². The first kappa shape index (κ1) is 21.1. The highest BCUT2D eigenvalue weighted by molar-refractivity contribution is 6.34. The van der Waals surface area contributed by atoms with Crippen molar-refractivity contribution in [2.75, 3.05) is 38.2 Å². The summed E-state index contributed by atoms with van der Waals surface area (Å²) in [5, 5.41) is 3.33. The summed E-state index contributed by atoms with van der Waals surface area (Å²) in [5.74, 6) is 1.14. The first-order valence-electron chi connectivity index (χ1n) is 8.72. The predicted molar refractivity (Wildman–Crippen MR) is 106 cm³/mol. The first-order chi connectivity index (χ1) is 11.8. The minimum Gasteiger partial charge on any atom is -0.490 e. The molecule has 146 valence electrons. The van der Waals surface area contributed by atoms with Crippen LogP contribution in [-0.4, -0.2) is 49.7 Å². The molecule has 8 heteroatoms. The van der Waals surface area contributed by atoms with Crippen molar-refractivity contribution in [3.63, 3.8) is 0 Å². The third-order valence-corrected chi connectivity index (χ3v) is 5.18. The van der Waals surface area contributed by atoms with Gasteiger partial charge in [-0.05, 0) is 11.8 Å². The Labute approximate surface area is 165 Å². The van der Waals surface area contributed by atoms with E-state index in [2.05, 4.69) is 24.1 Å². The number of fused-ring (bicyclic) bond motifs is 1. The standard InChI is InChI=1S/C18H26ClN3O3.ClH/c1-18(2)11-22(5-4-16(18)20)10-17(23)21-13-9-15-14(8-12(13)19)24-6-3-7-25-15;/h8-9,16H,3-7,10-11,20H2,1-2H3,(H,21,23);1H. The number of rotatable bonds is 3. The van der Waals surface area contributed by atoms with Crippen LogP contribution in [0.25, 0.3) is 0 Å². The lowest BCUT2D eigenvalue weighted by atomic mass is 9.80. The normalized spacial score (nSPS) is 22.1. The van der Waals surface area contributed by atoms with Crippen molar-refractivity contribution < 1.29 is 14.3 Å². The summed E-state index contributed by atoms with van der Waals surface area (Å²) in [4.78, 5) is 14.6. The van der Waals surface area contributed by atoms with Gasteiger partial charge in [0.1, 0.15) is 0 Å². The number of amides is 1. The number of anilines is 1. The van der Waals surface area contributed by atoms with Crippen LogP contribution in [0.5, 0.6) is 11.5 Å². The molecule has 0 aromatic heterocycles. The van der Waals surface area contributed by atoms with Gasteiger partial charge >= 0.3 is 0 Å². The zero-order valence-corrected chi connectivity index (χ0v) is 16.8. The van der Waals surface area contributed by atoms with Crippen molar-refractivity contribution in [1.82, 2.24) is 4.90 Å². The lowest BCUT2D eigenvalue weighted by molar-refractivity contribution is -0.118. The van der Waals surface area contributed by atoms with Gasteiger partial charge in [-0.2, -0.15) is 0 Å². The van der Waals surface area contributed by atoms with Gasteiger partial charge in [0, 0.05) is 37.7 Å². The third-order valence-electron chi connectivity index (χ3n) is 4.87. The summed E-state index contributed by atoms with van der Waals surface area (Å²) < 4.78 is 11.3. The maximum absolute atomic E-state index is 12.4. The zero-order valence-electron chi connectivity index (χ0n) is 15.2. The van der Waals surface area contributed by atoms with Gasteiger partial charge in [-0.15, -0.1) is 12.4 Å². The van der Waals surface area contributed by atoms with Crippen molar-refractivity contribution >= 4 is 35.6 Å². The molecule has 1 amide bonds. The molecule has 0 aliphatic carbocycles. The lowest BCUT2D eigenvalue weighted by Crippen LogP contribution is -2.53. The molecule has 1 atom stereocenters. The van der Waals surface area contributed by atoms with Gasteiger partial charge in [0.25, 0.3) is 0 Å². The van der Waals surface area contributed by atoms with Crippen LogP contribution < -0.4 is 20.5 Å². The molecule has 1 fully saturated rings. The Bertz CT molecular complexity index is 655. The van der Waals surface area contributed by atoms with Gasteiger partial charge in [-0.3, -0.25) is 9.69 Å². The largest absolute Gasteiger partial charge is 0.490 e. The van der Waals surface area contributed by atoms with E-state index >= 15 is 0 Å². The summed E-state index contributed by atoms with van der Waals surface area (Å²) in [7, 11) is 0. The number of ether oxygens (including phenoxy) is 2. The van der Waals surface area contributed by atoms with E-state index in [0.717, 1.165) is 25.9 Å². The summed E-state index contributed by atoms with van der Waals surface area (Å²) in [6.07, 6.45) is 1.71. The molecule has 1 unspecified atom stereocenters. The molecule has 6 nitrogen and oxygen atoms in total. The Morgan fingerprint density at radius 2 is 2.00 bits per heavy atom. The van der Waals surface area contributed by atoms with Gasteiger partial charge in [0.2, 0.25) is 5.91 Å². The number of nitrogens with two attached hydrogens (primary N) is 1. The number of piperidine rings is 1. The molecule has 2 aliphatic rings. The molecule has 2 aliphatic heterocycles. The molecule has 3 N–H and O–H groups in total. The van der Waals surface area contributed by atoms with Crippen LogP contribution in [0.1, 0.15) is 26.7 Å². The maximum atomic E-state index is 12.4. The Kier molecular flexibility index (Phi) is 7.02. The molecule has 2 heterocycles. The van der Waals surface area contributed by atoms with Crippen molar-refractivity contribution in [2.45, 2.75) is 32.7 Å². The third kappa shape index (κ3) is 4.94. The van der Waals surface area contributed by atoms with Crippen LogP contribution in [0, 0.1) is 5.41 Å². The van der Waals surface area contributed by atoms with Gasteiger partial charge in [-0.25, -0.2) is 0 Å². The van der Waals surface area contributed by atoms with Crippen molar-refractivity contribution in [1.29, 1.82) is 0 Å². The van der Waals surface area contributed by atoms with Gasteiger partial charge < -0.3 is 20.5 Å². The number of hydrogen-bond acceptors (Lipinski definition) is 5. The number of nitrogens with one attached hydrogen (secondary N) is 1. The van der Waals surface area contributed by atoms with Crippen molar-refractivity contribution in [3.05, 3.63) is 17.2 Å². The van der Waals surface area contributed by atoms with E-state index in [1.165, 1.54) is 0 Å². The number of hydrogen-bond donors (Lipinski definition) is 2. The average molecular weight is 404 g/mol. The zero-order chi connectivity index (χ0) is 18.0. The van der Waals surface area contributed by atoms with Crippen LogP contribution in [0.2, 0.25) is 5.02 Å². The monoisotopic (exact) mass is 403 g/mol. The predicted octanol–water partition coefficient (Wildman–Crippen LogP) is 2.92. The van der Waals surface area contributed by atoms with Gasteiger partial charge in [-0.1, -0.05) is 25.4 Å². The molecule has 0 spiro atoms. The number of nitrogens with zero attached hydrogens (tertiary/aromatic N) is 1. The number of benzene rings is 1. The summed E-state index contributed by atoms with van der Waals surface area (Å²) in [6, 6.07) is 3.60. The van der Waals surface area contributed by atoms with E-state index in [1.54, 1.807) is 12.1 Å². The maximum Gasteiger partial charge on any atom is 0.238 e. The van der Waals surface area contributed by atoms with Crippen LogP contribution in [0.3, 0.4) is 0 Å². The highest BCUT2D eigenvalue weighted by Crippen LogP contribution is 2.37. The fourth-order valence-corrected chi connectivity index (χ4v) is 3.49. The van der Waals surface area contributed by atoms with Crippen LogP contribution in [0.4, 0.5) is 5.69 Å². The number of likely N-dealkylation sites (tertiary alicyclic amines) is 1. The van der Waals surface area contributed by atoms with Gasteiger partial charge in [0.05, 0.1) is 30.5 Å².